The smallest absolute Gasteiger partial charge is 0.256 e. The minimum Gasteiger partial charge on any atom is -0.471 e. The summed E-state index contributed by atoms with van der Waals surface area (Å²) in [6.45, 7) is 0.652. The zero-order chi connectivity index (χ0) is 20.9. The van der Waals surface area contributed by atoms with Crippen LogP contribution in [0.25, 0.3) is 0 Å². The molecule has 2 saturated heterocycles. The monoisotopic (exact) mass is 512 g/mol. The second-order valence-electron chi connectivity index (χ2n) is 6.67. The molecule has 2 fully saturated rings. The Kier molecular flexibility index (Phi) is 8.84. The summed E-state index contributed by atoms with van der Waals surface area (Å²) in [4.78, 5) is 0. The molecule has 0 aromatic heterocycles. The molecule has 14 heteroatoms. The van der Waals surface area contributed by atoms with Crippen LogP contribution in [0.5, 0.6) is 0 Å². The maximum atomic E-state index is 11.5. The van der Waals surface area contributed by atoms with E-state index in [0.29, 0.717) is 26.1 Å². The van der Waals surface area contributed by atoms with Gasteiger partial charge >= 0.3 is 0 Å². The van der Waals surface area contributed by atoms with Gasteiger partial charge in [0.15, 0.2) is 19.7 Å². The molecule has 2 rings (SSSR count). The van der Waals surface area contributed by atoms with Gasteiger partial charge in [-0.15, -0.1) is 23.2 Å². The van der Waals surface area contributed by atoms with Crippen molar-refractivity contribution >= 4 is 77.7 Å². The van der Waals surface area contributed by atoms with E-state index in [1.165, 1.54) is 0 Å². The molecule has 0 saturated carbocycles. The van der Waals surface area contributed by atoms with Gasteiger partial charge in [0.25, 0.3) is 10.3 Å². The lowest BCUT2D eigenvalue weighted by Crippen LogP contribution is -2.41. The van der Waals surface area contributed by atoms with E-state index >= 15 is 0 Å². The van der Waals surface area contributed by atoms with Gasteiger partial charge in [0.2, 0.25) is 0 Å². The predicted octanol–water partition coefficient (Wildman–Crippen LogP) is 0.358. The topological polar surface area (TPSA) is 111 Å². The highest BCUT2D eigenvalue weighted by atomic mass is 35.5. The molecule has 0 aliphatic carbocycles. The highest BCUT2D eigenvalue weighted by molar-refractivity contribution is 7.92. The normalized spacial score (nSPS) is 30.5. The number of sulfone groups is 2. The first-order valence-electron chi connectivity index (χ1n) is 8.53. The average Bonchev–Trinajstić information content (AvgIpc) is 2.95. The molecule has 2 aliphatic rings. The molecule has 162 valence electrons. The van der Waals surface area contributed by atoms with Gasteiger partial charge in [0, 0.05) is 0 Å². The summed E-state index contributed by atoms with van der Waals surface area (Å²) in [7, 11) is -6.27. The van der Waals surface area contributed by atoms with Crippen molar-refractivity contribution in [1.82, 2.24) is 10.6 Å². The lowest BCUT2D eigenvalue weighted by molar-refractivity contribution is 0.246. The van der Waals surface area contributed by atoms with E-state index in [9.17, 15) is 16.8 Å². The first kappa shape index (κ1) is 24.1. The van der Waals surface area contributed by atoms with Crippen LogP contribution in [0, 0.1) is 0 Å². The molecule has 8 nitrogen and oxygen atoms in total. The highest BCUT2D eigenvalue weighted by Crippen LogP contribution is 2.19. The quantitative estimate of drug-likeness (QED) is 0.281. The predicted molar refractivity (Wildman–Crippen MR) is 117 cm³/mol. The molecule has 2 aliphatic heterocycles. The summed E-state index contributed by atoms with van der Waals surface area (Å²) in [5.41, 5.74) is 0. The van der Waals surface area contributed by atoms with Crippen molar-refractivity contribution in [3.63, 3.8) is 0 Å². The number of nitrogens with one attached hydrogen (secondary N) is 2. The lowest BCUT2D eigenvalue weighted by Gasteiger charge is -2.17. The van der Waals surface area contributed by atoms with Crippen LogP contribution in [-0.2, 0) is 29.1 Å². The van der Waals surface area contributed by atoms with E-state index in [4.69, 9.17) is 57.1 Å². The summed E-state index contributed by atoms with van der Waals surface area (Å²) in [6.07, 6.45) is 1.27. The van der Waals surface area contributed by atoms with Crippen LogP contribution in [0.15, 0.2) is 0 Å². The van der Waals surface area contributed by atoms with Gasteiger partial charge in [-0.05, 0) is 37.3 Å². The maximum absolute atomic E-state index is 11.5. The van der Waals surface area contributed by atoms with Crippen molar-refractivity contribution in [2.24, 2.45) is 0 Å². The third-order valence-corrected chi connectivity index (χ3v) is 9.40. The number of ether oxygens (including phenoxy) is 2. The molecular formula is C14H22Cl2N2O6S4. The van der Waals surface area contributed by atoms with E-state index in [-0.39, 0.29) is 33.4 Å². The SMILES string of the molecule is O=S1(=O)CC(Cl)C(NC(=S)OCCCCOC(=S)NC2CS(=O)(=O)CC2Cl)C1. The van der Waals surface area contributed by atoms with Crippen LogP contribution in [0.2, 0.25) is 0 Å². The van der Waals surface area contributed by atoms with Crippen molar-refractivity contribution in [2.45, 2.75) is 35.7 Å². The summed E-state index contributed by atoms with van der Waals surface area (Å²) in [6, 6.07) is -0.896. The lowest BCUT2D eigenvalue weighted by atomic mass is 10.3. The number of hydrogen-bond acceptors (Lipinski definition) is 8. The van der Waals surface area contributed by atoms with E-state index < -0.39 is 42.5 Å². The minimum absolute atomic E-state index is 0.0611. The van der Waals surface area contributed by atoms with Crippen LogP contribution in [0.4, 0.5) is 0 Å². The largest absolute Gasteiger partial charge is 0.471 e. The van der Waals surface area contributed by atoms with Crippen molar-refractivity contribution in [3.8, 4) is 0 Å². The summed E-state index contributed by atoms with van der Waals surface area (Å²) in [5.74, 6) is -0.266. The average molecular weight is 514 g/mol. The van der Waals surface area contributed by atoms with Gasteiger partial charge in [-0.2, -0.15) is 0 Å². The van der Waals surface area contributed by atoms with Crippen molar-refractivity contribution in [2.75, 3.05) is 36.2 Å². The van der Waals surface area contributed by atoms with Crippen LogP contribution in [0.1, 0.15) is 12.8 Å². The Labute approximate surface area is 185 Å². The Bertz CT molecular complexity index is 726. The zero-order valence-electron chi connectivity index (χ0n) is 14.8. The van der Waals surface area contributed by atoms with Crippen molar-refractivity contribution in [1.29, 1.82) is 0 Å². The van der Waals surface area contributed by atoms with Crippen LogP contribution >= 0.6 is 47.6 Å². The fourth-order valence-electron chi connectivity index (χ4n) is 2.79. The third-order valence-electron chi connectivity index (χ3n) is 4.18. The number of halogens is 2. The van der Waals surface area contributed by atoms with Crippen molar-refractivity contribution < 1.29 is 26.3 Å². The fourth-order valence-corrected chi connectivity index (χ4v) is 8.36. The standard InChI is InChI=1S/C14H22Cl2N2O6S4/c15-9-5-27(19,20)7-11(9)17-13(25)23-3-1-2-4-24-14(26)18-12-8-28(21,22)6-10(12)16/h9-12H,1-8H2,(H,17,25)(H,18,26). The van der Waals surface area contributed by atoms with Gasteiger partial charge in [-0.1, -0.05) is 0 Å². The summed E-state index contributed by atoms with van der Waals surface area (Å²) >= 11 is 22.1. The van der Waals surface area contributed by atoms with Crippen LogP contribution < -0.4 is 10.6 Å². The molecule has 4 atom stereocenters. The molecule has 0 bridgehead atoms. The van der Waals surface area contributed by atoms with Gasteiger partial charge < -0.3 is 20.1 Å². The molecule has 0 spiro atoms. The van der Waals surface area contributed by atoms with E-state index in [2.05, 4.69) is 10.6 Å². The van der Waals surface area contributed by atoms with E-state index in [0.717, 1.165) is 0 Å². The Morgan fingerprint density at radius 2 is 1.14 bits per heavy atom. The molecule has 0 amide bonds. The second kappa shape index (κ2) is 10.3. The molecule has 0 aromatic carbocycles. The molecular weight excluding hydrogens is 491 g/mol. The van der Waals surface area contributed by atoms with Gasteiger partial charge in [-0.3, -0.25) is 0 Å². The summed E-state index contributed by atoms with van der Waals surface area (Å²) < 4.78 is 56.7. The summed E-state index contributed by atoms with van der Waals surface area (Å²) in [5, 5.41) is 4.80. The maximum Gasteiger partial charge on any atom is 0.256 e. The molecule has 2 N–H and O–H groups in total. The Morgan fingerprint density at radius 1 is 0.786 bits per heavy atom. The zero-order valence-corrected chi connectivity index (χ0v) is 19.6. The minimum atomic E-state index is -3.14. The number of rotatable bonds is 7. The van der Waals surface area contributed by atoms with Crippen LogP contribution in [-0.4, -0.2) is 86.2 Å². The Hall–Kier alpha value is -0.140. The first-order valence-corrected chi connectivity index (χ1v) is 13.9. The van der Waals surface area contributed by atoms with Crippen LogP contribution in [0.3, 0.4) is 0 Å². The third kappa shape index (κ3) is 7.94. The molecule has 0 aromatic rings. The van der Waals surface area contributed by atoms with Gasteiger partial charge in [-0.25, -0.2) is 16.8 Å². The number of hydrogen-bond donors (Lipinski definition) is 2. The molecule has 4 unspecified atom stereocenters. The number of unbranched alkanes of at least 4 members (excludes halogenated alkanes) is 1. The van der Waals surface area contributed by atoms with Crippen molar-refractivity contribution in [3.05, 3.63) is 0 Å². The van der Waals surface area contributed by atoms with Gasteiger partial charge in [0.05, 0.1) is 59.1 Å². The molecule has 0 radical (unpaired) electrons. The Balaban J connectivity index is 1.53. The van der Waals surface area contributed by atoms with Gasteiger partial charge in [0.1, 0.15) is 0 Å². The van der Waals surface area contributed by atoms with E-state index in [1.807, 2.05) is 0 Å². The molecule has 28 heavy (non-hydrogen) atoms. The second-order valence-corrected chi connectivity index (χ2v) is 12.8. The number of thiocarbonyl (C=S) groups is 2. The first-order chi connectivity index (χ1) is 13.0. The Morgan fingerprint density at radius 3 is 1.43 bits per heavy atom. The fraction of sp³-hybridized carbons (Fsp3) is 0.857. The number of alkyl halides is 2. The molecule has 2 heterocycles. The van der Waals surface area contributed by atoms with E-state index in [1.54, 1.807) is 0 Å². The highest BCUT2D eigenvalue weighted by Gasteiger charge is 2.37.